The van der Waals surface area contributed by atoms with E-state index >= 15 is 0 Å². The van der Waals surface area contributed by atoms with Crippen LogP contribution >= 0.6 is 0 Å². The Labute approximate surface area is 188 Å². The summed E-state index contributed by atoms with van der Waals surface area (Å²) in [5, 5.41) is 19.5. The first kappa shape index (κ1) is 20.8. The predicted octanol–water partition coefficient (Wildman–Crippen LogP) is 3.24. The van der Waals surface area contributed by atoms with E-state index in [9.17, 15) is 10.4 Å². The number of benzene rings is 2. The van der Waals surface area contributed by atoms with Crippen molar-refractivity contribution in [3.8, 4) is 17.2 Å². The quantitative estimate of drug-likeness (QED) is 0.664. The van der Waals surface area contributed by atoms with Gasteiger partial charge in [-0.05, 0) is 38.6 Å². The van der Waals surface area contributed by atoms with E-state index in [2.05, 4.69) is 42.1 Å². The normalized spacial score (nSPS) is 19.1. The number of aliphatic hydroxyl groups excluding tert-OH is 1. The van der Waals surface area contributed by atoms with Crippen molar-refractivity contribution in [2.24, 2.45) is 5.92 Å². The molecule has 2 aliphatic rings. The third-order valence-corrected chi connectivity index (χ3v) is 6.92. The van der Waals surface area contributed by atoms with Crippen molar-refractivity contribution in [3.05, 3.63) is 41.5 Å². The maximum absolute atomic E-state index is 10.1. The number of aliphatic hydroxyl groups is 1. The molecule has 5 rings (SSSR count). The smallest absolute Gasteiger partial charge is 0.298 e. The van der Waals surface area contributed by atoms with Crippen LogP contribution in [-0.2, 0) is 0 Å². The third-order valence-electron chi connectivity index (χ3n) is 6.92. The van der Waals surface area contributed by atoms with E-state index < -0.39 is 0 Å². The average molecular weight is 432 g/mol. The lowest BCUT2D eigenvalue weighted by Crippen LogP contribution is -2.48. The molecule has 0 spiro atoms. The summed E-state index contributed by atoms with van der Waals surface area (Å²) < 4.78 is 6.39. The summed E-state index contributed by atoms with van der Waals surface area (Å²) in [4.78, 5) is 11.5. The van der Waals surface area contributed by atoms with Gasteiger partial charge < -0.3 is 24.2 Å². The van der Waals surface area contributed by atoms with Gasteiger partial charge in [-0.15, -0.1) is 0 Å². The van der Waals surface area contributed by atoms with E-state index in [4.69, 9.17) is 9.40 Å². The van der Waals surface area contributed by atoms with Crippen LogP contribution in [0.15, 0.2) is 34.7 Å². The number of nitriles is 1. The first-order valence-electron chi connectivity index (χ1n) is 11.2. The number of rotatable bonds is 5. The first-order chi connectivity index (χ1) is 15.5. The minimum Gasteiger partial charge on any atom is -0.421 e. The number of anilines is 2. The summed E-state index contributed by atoms with van der Waals surface area (Å²) in [6.07, 6.45) is 1.08. The Morgan fingerprint density at radius 2 is 1.94 bits per heavy atom. The standard InChI is InChI=1S/C25H29N5O2/c1-16-20(11-26)22-24(32-25(27-22)30-12-17(13-30)15-31)23(21(16)18-7-5-4-6-8-18)29-10-9-19(14-29)28(2)3/h4-8,17,19,31H,9-10,12-15H2,1-3H3/t19-/m0/s1. The van der Waals surface area contributed by atoms with Gasteiger partial charge in [0.15, 0.2) is 5.58 Å². The molecule has 166 valence electrons. The SMILES string of the molecule is Cc1c(-c2ccccc2)c(N2CC[C@H](N(C)C)C2)c2oc(N3CC(CO)C3)nc2c1C#N. The molecule has 32 heavy (non-hydrogen) atoms. The number of oxazole rings is 1. The van der Waals surface area contributed by atoms with Gasteiger partial charge in [-0.2, -0.15) is 10.2 Å². The molecule has 1 N–H and O–H groups in total. The van der Waals surface area contributed by atoms with Gasteiger partial charge in [0.2, 0.25) is 0 Å². The molecule has 2 saturated heterocycles. The summed E-state index contributed by atoms with van der Waals surface area (Å²) in [5.41, 5.74) is 5.99. The van der Waals surface area contributed by atoms with E-state index in [1.54, 1.807) is 0 Å². The highest BCUT2D eigenvalue weighted by Crippen LogP contribution is 2.45. The third kappa shape index (κ3) is 3.31. The topological polar surface area (TPSA) is 79.8 Å². The maximum atomic E-state index is 10.1. The minimum absolute atomic E-state index is 0.169. The Kier molecular flexibility index (Phi) is 5.28. The van der Waals surface area contributed by atoms with Crippen molar-refractivity contribution in [1.82, 2.24) is 9.88 Å². The molecule has 3 heterocycles. The van der Waals surface area contributed by atoms with Crippen molar-refractivity contribution in [2.75, 3.05) is 56.7 Å². The average Bonchev–Trinajstić information content (AvgIpc) is 3.41. The van der Waals surface area contributed by atoms with Crippen LogP contribution in [0.5, 0.6) is 0 Å². The van der Waals surface area contributed by atoms with E-state index in [-0.39, 0.29) is 12.5 Å². The van der Waals surface area contributed by atoms with Crippen LogP contribution in [0.1, 0.15) is 17.5 Å². The first-order valence-corrected chi connectivity index (χ1v) is 11.2. The number of fused-ring (bicyclic) bond motifs is 1. The van der Waals surface area contributed by atoms with Gasteiger partial charge >= 0.3 is 0 Å². The van der Waals surface area contributed by atoms with Crippen LogP contribution in [0, 0.1) is 24.2 Å². The van der Waals surface area contributed by atoms with Crippen LogP contribution in [0.25, 0.3) is 22.2 Å². The Hall–Kier alpha value is -3.08. The zero-order valence-electron chi connectivity index (χ0n) is 18.9. The largest absolute Gasteiger partial charge is 0.421 e. The minimum atomic E-state index is 0.169. The number of hydrogen-bond acceptors (Lipinski definition) is 7. The van der Waals surface area contributed by atoms with E-state index in [0.29, 0.717) is 28.7 Å². The number of nitrogens with zero attached hydrogens (tertiary/aromatic N) is 5. The molecule has 7 heteroatoms. The molecule has 1 atom stereocenters. The van der Waals surface area contributed by atoms with Crippen LogP contribution in [-0.4, -0.2) is 67.9 Å². The van der Waals surface area contributed by atoms with Crippen LogP contribution < -0.4 is 9.80 Å². The molecule has 2 fully saturated rings. The highest BCUT2D eigenvalue weighted by atomic mass is 16.4. The lowest BCUT2D eigenvalue weighted by atomic mass is 9.93. The van der Waals surface area contributed by atoms with Crippen molar-refractivity contribution < 1.29 is 9.52 Å². The van der Waals surface area contributed by atoms with E-state index in [1.165, 1.54) is 0 Å². The Morgan fingerprint density at radius 1 is 1.19 bits per heavy atom. The van der Waals surface area contributed by atoms with Crippen molar-refractivity contribution >= 4 is 22.8 Å². The Balaban J connectivity index is 1.72. The molecule has 0 bridgehead atoms. The van der Waals surface area contributed by atoms with E-state index in [1.807, 2.05) is 30.0 Å². The van der Waals surface area contributed by atoms with Crippen molar-refractivity contribution in [2.45, 2.75) is 19.4 Å². The second kappa shape index (κ2) is 8.12. The molecule has 0 aliphatic carbocycles. The second-order valence-corrected chi connectivity index (χ2v) is 9.18. The lowest BCUT2D eigenvalue weighted by Gasteiger charge is -2.36. The Bertz CT molecular complexity index is 1170. The highest BCUT2D eigenvalue weighted by molar-refractivity contribution is 6.03. The fraction of sp³-hybridized carbons (Fsp3) is 0.440. The van der Waals surface area contributed by atoms with Gasteiger partial charge in [0.25, 0.3) is 6.01 Å². The molecule has 1 aromatic heterocycles. The number of hydrogen-bond donors (Lipinski definition) is 1. The maximum Gasteiger partial charge on any atom is 0.298 e. The molecule has 2 aliphatic heterocycles. The molecule has 7 nitrogen and oxygen atoms in total. The molecule has 0 unspecified atom stereocenters. The van der Waals surface area contributed by atoms with Crippen LogP contribution in [0.4, 0.5) is 11.7 Å². The van der Waals surface area contributed by atoms with Gasteiger partial charge in [0, 0.05) is 50.3 Å². The molecule has 0 radical (unpaired) electrons. The Morgan fingerprint density at radius 3 is 2.56 bits per heavy atom. The highest BCUT2D eigenvalue weighted by Gasteiger charge is 2.34. The van der Waals surface area contributed by atoms with Crippen molar-refractivity contribution in [1.29, 1.82) is 5.26 Å². The molecule has 0 saturated carbocycles. The molecule has 0 amide bonds. The summed E-state index contributed by atoms with van der Waals surface area (Å²) in [7, 11) is 4.25. The van der Waals surface area contributed by atoms with Crippen LogP contribution in [0.3, 0.4) is 0 Å². The fourth-order valence-electron chi connectivity index (χ4n) is 4.97. The monoisotopic (exact) mass is 431 g/mol. The molecule has 3 aromatic rings. The summed E-state index contributed by atoms with van der Waals surface area (Å²) in [6, 6.07) is 13.7. The van der Waals surface area contributed by atoms with Crippen molar-refractivity contribution in [3.63, 3.8) is 0 Å². The van der Waals surface area contributed by atoms with Gasteiger partial charge in [0.05, 0.1) is 11.3 Å². The van der Waals surface area contributed by atoms with Gasteiger partial charge in [-0.1, -0.05) is 30.3 Å². The summed E-state index contributed by atoms with van der Waals surface area (Å²) in [6.45, 7) is 5.45. The lowest BCUT2D eigenvalue weighted by molar-refractivity contribution is 0.196. The summed E-state index contributed by atoms with van der Waals surface area (Å²) >= 11 is 0. The molecule has 2 aromatic carbocycles. The van der Waals surface area contributed by atoms with Crippen LogP contribution in [0.2, 0.25) is 0 Å². The van der Waals surface area contributed by atoms with Gasteiger partial charge in [-0.3, -0.25) is 0 Å². The predicted molar refractivity (Wildman–Crippen MR) is 126 cm³/mol. The van der Waals surface area contributed by atoms with E-state index in [0.717, 1.165) is 55.0 Å². The second-order valence-electron chi connectivity index (χ2n) is 9.18. The summed E-state index contributed by atoms with van der Waals surface area (Å²) in [5.74, 6) is 0.251. The zero-order chi connectivity index (χ0) is 22.4. The molecular weight excluding hydrogens is 402 g/mol. The number of aromatic nitrogens is 1. The van der Waals surface area contributed by atoms with Gasteiger partial charge in [-0.25, -0.2) is 0 Å². The fourth-order valence-corrected chi connectivity index (χ4v) is 4.97. The molecular formula is C25H29N5O2. The number of likely N-dealkylation sites (N-methyl/N-ethyl adjacent to an activating group) is 1. The van der Waals surface area contributed by atoms with Gasteiger partial charge in [0.1, 0.15) is 11.6 Å². The zero-order valence-corrected chi connectivity index (χ0v) is 18.9.